The largest absolute Gasteiger partial charge is 0.459 e. The molecule has 3 fully saturated rings. The molecule has 1 amide bonds. The van der Waals surface area contributed by atoms with E-state index in [-0.39, 0.29) is 28.6 Å². The topological polar surface area (TPSA) is 81.9 Å². The molecule has 116 valence electrons. The molecule has 1 spiro atoms. The third kappa shape index (κ3) is 1.89. The van der Waals surface area contributed by atoms with Gasteiger partial charge in [-0.05, 0) is 5.56 Å². The van der Waals surface area contributed by atoms with Gasteiger partial charge in [-0.3, -0.25) is 4.79 Å². The lowest BCUT2D eigenvalue weighted by molar-refractivity contribution is -0.169. The van der Waals surface area contributed by atoms with Gasteiger partial charge in [0.1, 0.15) is 24.1 Å². The summed E-state index contributed by atoms with van der Waals surface area (Å²) in [5.74, 6) is -0.551. The first kappa shape index (κ1) is 14.0. The third-order valence-corrected chi connectivity index (χ3v) is 6.08. The van der Waals surface area contributed by atoms with E-state index < -0.39 is 12.1 Å². The molecule has 3 aliphatic heterocycles. The lowest BCUT2D eigenvalue weighted by Gasteiger charge is -2.43. The summed E-state index contributed by atoms with van der Waals surface area (Å²) in [5, 5.41) is -0.134. The fourth-order valence-corrected chi connectivity index (χ4v) is 4.86. The Morgan fingerprint density at radius 3 is 2.77 bits per heavy atom. The van der Waals surface area contributed by atoms with Gasteiger partial charge >= 0.3 is 5.97 Å². The van der Waals surface area contributed by atoms with Crippen molar-refractivity contribution in [1.29, 1.82) is 0 Å². The number of benzene rings is 1. The van der Waals surface area contributed by atoms with E-state index in [4.69, 9.17) is 15.2 Å². The molecule has 3 aliphatic rings. The van der Waals surface area contributed by atoms with Crippen molar-refractivity contribution in [2.75, 3.05) is 13.2 Å². The van der Waals surface area contributed by atoms with Crippen LogP contribution in [0.4, 0.5) is 0 Å². The van der Waals surface area contributed by atoms with Gasteiger partial charge in [-0.2, -0.15) is 0 Å². The van der Waals surface area contributed by atoms with E-state index in [1.54, 1.807) is 16.7 Å². The van der Waals surface area contributed by atoms with Gasteiger partial charge in [-0.1, -0.05) is 30.3 Å². The minimum absolute atomic E-state index is 0.134. The van der Waals surface area contributed by atoms with Crippen molar-refractivity contribution in [3.8, 4) is 0 Å². The number of β-lactam (4-membered cyclic amide) rings is 1. The lowest BCUT2D eigenvalue weighted by atomic mass is 9.92. The Labute approximate surface area is 131 Å². The van der Waals surface area contributed by atoms with Gasteiger partial charge in [0.05, 0.1) is 18.0 Å². The van der Waals surface area contributed by atoms with E-state index in [2.05, 4.69) is 0 Å². The van der Waals surface area contributed by atoms with E-state index in [1.807, 2.05) is 30.3 Å². The first-order valence-corrected chi connectivity index (χ1v) is 8.04. The molecule has 0 radical (unpaired) electrons. The van der Waals surface area contributed by atoms with E-state index >= 15 is 0 Å². The Hall–Kier alpha value is -1.57. The molecule has 2 unspecified atom stereocenters. The molecule has 3 atom stereocenters. The zero-order valence-electron chi connectivity index (χ0n) is 11.8. The first-order valence-electron chi connectivity index (χ1n) is 7.16. The van der Waals surface area contributed by atoms with Crippen LogP contribution in [0.15, 0.2) is 30.3 Å². The van der Waals surface area contributed by atoms with Crippen LogP contribution >= 0.6 is 11.8 Å². The summed E-state index contributed by atoms with van der Waals surface area (Å²) >= 11 is 1.57. The number of amides is 1. The molecular formula is C15H16N2O4S. The fraction of sp³-hybridized carbons (Fsp3) is 0.467. The molecular weight excluding hydrogens is 304 g/mol. The van der Waals surface area contributed by atoms with Crippen LogP contribution in [-0.4, -0.2) is 52.2 Å². The van der Waals surface area contributed by atoms with Gasteiger partial charge in [-0.15, -0.1) is 11.8 Å². The number of hydrogen-bond acceptors (Lipinski definition) is 6. The molecule has 2 N–H and O–H groups in total. The van der Waals surface area contributed by atoms with Crippen LogP contribution in [0.1, 0.15) is 5.56 Å². The first-order chi connectivity index (χ1) is 10.6. The summed E-state index contributed by atoms with van der Waals surface area (Å²) in [6.45, 7) is 1.11. The number of fused-ring (bicyclic) bond motifs is 1. The number of rotatable bonds is 3. The molecule has 0 aromatic heterocycles. The Morgan fingerprint density at radius 2 is 2.14 bits per heavy atom. The predicted octanol–water partition coefficient (Wildman–Crippen LogP) is 0.110. The van der Waals surface area contributed by atoms with Crippen molar-refractivity contribution < 1.29 is 19.1 Å². The van der Waals surface area contributed by atoms with Crippen molar-refractivity contribution in [2.24, 2.45) is 5.73 Å². The molecule has 0 bridgehead atoms. The van der Waals surface area contributed by atoms with Crippen LogP contribution < -0.4 is 5.73 Å². The molecule has 7 heteroatoms. The summed E-state index contributed by atoms with van der Waals surface area (Å²) in [4.78, 5) is 26.1. The second kappa shape index (κ2) is 4.97. The fourth-order valence-electron chi connectivity index (χ4n) is 3.14. The summed E-state index contributed by atoms with van der Waals surface area (Å²) < 4.78 is 10.3. The lowest BCUT2D eigenvalue weighted by Crippen LogP contribution is -2.70. The van der Waals surface area contributed by atoms with Gasteiger partial charge in [-0.25, -0.2) is 4.79 Å². The molecule has 22 heavy (non-hydrogen) atoms. The minimum Gasteiger partial charge on any atom is -0.459 e. The van der Waals surface area contributed by atoms with Gasteiger partial charge < -0.3 is 20.1 Å². The Balaban J connectivity index is 1.50. The molecule has 1 aromatic rings. The maximum atomic E-state index is 12.5. The molecule has 6 nitrogen and oxygen atoms in total. The average molecular weight is 320 g/mol. The van der Waals surface area contributed by atoms with Crippen LogP contribution in [0.25, 0.3) is 0 Å². The average Bonchev–Trinajstić information content (AvgIpc) is 2.86. The normalized spacial score (nSPS) is 31.4. The number of hydrogen-bond donors (Lipinski definition) is 1. The summed E-state index contributed by atoms with van der Waals surface area (Å²) in [5.41, 5.74) is 6.75. The van der Waals surface area contributed by atoms with E-state index in [0.29, 0.717) is 13.2 Å². The number of nitrogens with zero attached hydrogens (tertiary/aromatic N) is 1. The highest BCUT2D eigenvalue weighted by molar-refractivity contribution is 8.01. The third-order valence-electron chi connectivity index (χ3n) is 4.39. The molecule has 0 aliphatic carbocycles. The van der Waals surface area contributed by atoms with E-state index in [1.165, 1.54) is 0 Å². The van der Waals surface area contributed by atoms with Crippen molar-refractivity contribution in [2.45, 2.75) is 28.8 Å². The van der Waals surface area contributed by atoms with Gasteiger partial charge in [0, 0.05) is 0 Å². The number of carbonyl (C=O) groups is 2. The smallest absolute Gasteiger partial charge is 0.330 e. The highest BCUT2D eigenvalue weighted by Crippen LogP contribution is 2.54. The summed E-state index contributed by atoms with van der Waals surface area (Å²) in [7, 11) is 0. The molecule has 3 heterocycles. The SMILES string of the molecule is NC1C(=O)N2C(C(=O)OCc3ccccc3)C3(COC3)S[C@@H]12. The number of ether oxygens (including phenoxy) is 2. The van der Waals surface area contributed by atoms with Gasteiger partial charge in [0.15, 0.2) is 0 Å². The zero-order valence-corrected chi connectivity index (χ0v) is 12.6. The van der Waals surface area contributed by atoms with Crippen LogP contribution in [0, 0.1) is 0 Å². The van der Waals surface area contributed by atoms with E-state index in [9.17, 15) is 9.59 Å². The van der Waals surface area contributed by atoms with Crippen LogP contribution in [0.3, 0.4) is 0 Å². The number of carbonyl (C=O) groups excluding carboxylic acids is 2. The molecule has 3 saturated heterocycles. The minimum atomic E-state index is -0.590. The molecule has 4 rings (SSSR count). The van der Waals surface area contributed by atoms with Crippen molar-refractivity contribution in [3.05, 3.63) is 35.9 Å². The van der Waals surface area contributed by atoms with Crippen molar-refractivity contribution in [3.63, 3.8) is 0 Å². The quantitative estimate of drug-likeness (QED) is 0.629. The number of nitrogens with two attached hydrogens (primary N) is 1. The zero-order chi connectivity index (χ0) is 15.3. The van der Waals surface area contributed by atoms with Gasteiger partial charge in [0.2, 0.25) is 5.91 Å². The Bertz CT molecular complexity index is 619. The van der Waals surface area contributed by atoms with Crippen molar-refractivity contribution in [1.82, 2.24) is 4.90 Å². The monoisotopic (exact) mass is 320 g/mol. The summed E-state index contributed by atoms with van der Waals surface area (Å²) in [6.07, 6.45) is 0. The van der Waals surface area contributed by atoms with Crippen LogP contribution in [0.2, 0.25) is 0 Å². The highest BCUT2D eigenvalue weighted by Gasteiger charge is 2.68. The number of esters is 1. The summed E-state index contributed by atoms with van der Waals surface area (Å²) in [6, 6.07) is 8.37. The maximum Gasteiger partial charge on any atom is 0.330 e. The number of thioether (sulfide) groups is 1. The molecule has 1 aromatic carbocycles. The highest BCUT2D eigenvalue weighted by atomic mass is 32.2. The predicted molar refractivity (Wildman–Crippen MR) is 79.8 cm³/mol. The maximum absolute atomic E-state index is 12.5. The molecule has 0 saturated carbocycles. The van der Waals surface area contributed by atoms with Gasteiger partial charge in [0.25, 0.3) is 0 Å². The van der Waals surface area contributed by atoms with Crippen molar-refractivity contribution >= 4 is 23.6 Å². The standard InChI is InChI=1S/C15H16N2O4S/c16-10-12(18)17-11(15(7-20-8-15)22-13(10)17)14(19)21-6-9-4-2-1-3-5-9/h1-5,10-11,13H,6-8,16H2/t10?,11?,13-/m0/s1. The second-order valence-electron chi connectivity index (χ2n) is 5.83. The Morgan fingerprint density at radius 1 is 1.41 bits per heavy atom. The van der Waals surface area contributed by atoms with Crippen LogP contribution in [0.5, 0.6) is 0 Å². The van der Waals surface area contributed by atoms with E-state index in [0.717, 1.165) is 5.56 Å². The second-order valence-corrected chi connectivity index (χ2v) is 7.36. The Kier molecular flexibility index (Phi) is 3.18. The van der Waals surface area contributed by atoms with Crippen LogP contribution in [-0.2, 0) is 25.7 Å².